The molecule has 0 saturated carbocycles. The van der Waals surface area contributed by atoms with Gasteiger partial charge in [-0.15, -0.1) is 0 Å². The molecule has 8 aromatic rings. The molecule has 226 valence electrons. The molecule has 8 aromatic carbocycles. The van der Waals surface area contributed by atoms with Crippen LogP contribution in [0.2, 0.25) is 0 Å². The van der Waals surface area contributed by atoms with Crippen LogP contribution in [0.1, 0.15) is 17.9 Å². The van der Waals surface area contributed by atoms with Crippen LogP contribution in [0, 0.1) is 0 Å². The predicted molar refractivity (Wildman–Crippen MR) is 201 cm³/mol. The van der Waals surface area contributed by atoms with Crippen molar-refractivity contribution >= 4 is 61.2 Å². The minimum atomic E-state index is 0.224. The van der Waals surface area contributed by atoms with E-state index in [2.05, 4.69) is 175 Å². The first-order valence-electron chi connectivity index (χ1n) is 16.7. The summed E-state index contributed by atoms with van der Waals surface area (Å²) in [6.07, 6.45) is 3.29. The van der Waals surface area contributed by atoms with Crippen molar-refractivity contribution in [2.24, 2.45) is 0 Å². The minimum Gasteiger partial charge on any atom is -0.460 e. The van der Waals surface area contributed by atoms with E-state index in [4.69, 9.17) is 4.74 Å². The van der Waals surface area contributed by atoms with Crippen LogP contribution in [-0.4, -0.2) is 0 Å². The third-order valence-electron chi connectivity index (χ3n) is 10.1. The van der Waals surface area contributed by atoms with Gasteiger partial charge in [-0.25, -0.2) is 0 Å². The molecule has 1 aliphatic heterocycles. The van der Waals surface area contributed by atoms with Crippen LogP contribution in [0.15, 0.2) is 164 Å². The van der Waals surface area contributed by atoms with Crippen LogP contribution in [0.25, 0.3) is 55.3 Å². The summed E-state index contributed by atoms with van der Waals surface area (Å²) in [4.78, 5) is 2.37. The first-order chi connectivity index (χ1) is 23.8. The topological polar surface area (TPSA) is 12.5 Å². The number of benzene rings is 8. The number of hydrogen-bond acceptors (Lipinski definition) is 2. The molecule has 0 spiro atoms. The summed E-state index contributed by atoms with van der Waals surface area (Å²) in [7, 11) is 0. The number of ether oxygens (including phenoxy) is 1. The van der Waals surface area contributed by atoms with Crippen LogP contribution in [0.3, 0.4) is 0 Å². The lowest BCUT2D eigenvalue weighted by molar-refractivity contribution is 0.509. The van der Waals surface area contributed by atoms with Gasteiger partial charge in [-0.1, -0.05) is 121 Å². The molecule has 1 atom stereocenters. The quantitative estimate of drug-likeness (QED) is 0.183. The normalized spacial score (nSPS) is 14.7. The molecular formula is C46H31NO. The van der Waals surface area contributed by atoms with Gasteiger partial charge in [0.1, 0.15) is 11.5 Å². The lowest BCUT2D eigenvalue weighted by Crippen LogP contribution is -2.31. The van der Waals surface area contributed by atoms with E-state index in [-0.39, 0.29) is 5.92 Å². The Labute approximate surface area is 279 Å². The zero-order valence-electron chi connectivity index (χ0n) is 26.3. The molecule has 0 saturated heterocycles. The van der Waals surface area contributed by atoms with E-state index in [0.717, 1.165) is 35.0 Å². The number of nitrogens with zero attached hydrogens (tertiary/aromatic N) is 1. The fraction of sp³-hybridized carbons (Fsp3) is 0.0435. The fourth-order valence-corrected chi connectivity index (χ4v) is 7.85. The maximum Gasteiger partial charge on any atom is 0.131 e. The monoisotopic (exact) mass is 613 g/mol. The van der Waals surface area contributed by atoms with Crippen LogP contribution < -0.4 is 20.1 Å². The van der Waals surface area contributed by atoms with E-state index in [1.807, 2.05) is 0 Å². The van der Waals surface area contributed by atoms with Crippen LogP contribution in [0.5, 0.6) is 5.75 Å². The fourth-order valence-electron chi connectivity index (χ4n) is 7.85. The van der Waals surface area contributed by atoms with Gasteiger partial charge in [0.2, 0.25) is 0 Å². The summed E-state index contributed by atoms with van der Waals surface area (Å²) in [5.74, 6) is 2.26. The Balaban J connectivity index is 1.11. The summed E-state index contributed by atoms with van der Waals surface area (Å²) < 4.78 is 6.53. The molecule has 0 amide bonds. The van der Waals surface area contributed by atoms with Crippen molar-refractivity contribution < 1.29 is 4.74 Å². The molecule has 2 nitrogen and oxygen atoms in total. The van der Waals surface area contributed by atoms with Gasteiger partial charge in [0.25, 0.3) is 0 Å². The first kappa shape index (κ1) is 27.0. The van der Waals surface area contributed by atoms with Crippen molar-refractivity contribution in [3.8, 4) is 16.9 Å². The Hall–Kier alpha value is -6.12. The van der Waals surface area contributed by atoms with Gasteiger partial charge in [0, 0.05) is 27.8 Å². The van der Waals surface area contributed by atoms with Crippen molar-refractivity contribution in [3.05, 3.63) is 180 Å². The Kier molecular flexibility index (Phi) is 6.04. The summed E-state index contributed by atoms with van der Waals surface area (Å²) in [6.45, 7) is 0. The van der Waals surface area contributed by atoms with E-state index < -0.39 is 0 Å². The third-order valence-corrected chi connectivity index (χ3v) is 10.1. The van der Waals surface area contributed by atoms with Crippen LogP contribution >= 0.6 is 0 Å². The molecule has 1 unspecified atom stereocenters. The second kappa shape index (κ2) is 10.7. The number of anilines is 3. The van der Waals surface area contributed by atoms with Gasteiger partial charge in [0.05, 0.1) is 5.92 Å². The zero-order chi connectivity index (χ0) is 31.6. The van der Waals surface area contributed by atoms with Crippen LogP contribution in [-0.2, 0) is 0 Å². The van der Waals surface area contributed by atoms with E-state index in [1.165, 1.54) is 59.4 Å². The molecule has 10 rings (SSSR count). The number of hydrogen-bond donors (Lipinski definition) is 0. The van der Waals surface area contributed by atoms with Gasteiger partial charge in [-0.3, -0.25) is 0 Å². The molecule has 2 aliphatic rings. The van der Waals surface area contributed by atoms with E-state index in [0.29, 0.717) is 0 Å². The van der Waals surface area contributed by atoms with Gasteiger partial charge in [-0.05, 0) is 104 Å². The summed E-state index contributed by atoms with van der Waals surface area (Å²) in [6, 6.07) is 59.4. The molecular weight excluding hydrogens is 583 g/mol. The van der Waals surface area contributed by atoms with Gasteiger partial charge in [-0.2, -0.15) is 0 Å². The molecule has 1 aliphatic carbocycles. The van der Waals surface area contributed by atoms with Gasteiger partial charge < -0.3 is 9.64 Å². The summed E-state index contributed by atoms with van der Waals surface area (Å²) in [5, 5.41) is 10.1. The number of rotatable bonds is 4. The molecule has 2 heteroatoms. The molecule has 0 bridgehead atoms. The smallest absolute Gasteiger partial charge is 0.131 e. The second-order valence-corrected chi connectivity index (χ2v) is 12.9. The molecule has 48 heavy (non-hydrogen) atoms. The van der Waals surface area contributed by atoms with Crippen LogP contribution in [0.4, 0.5) is 17.1 Å². The highest BCUT2D eigenvalue weighted by atomic mass is 16.5. The third kappa shape index (κ3) is 4.27. The minimum absolute atomic E-state index is 0.224. The molecule has 1 heterocycles. The number of para-hydroxylation sites is 1. The van der Waals surface area contributed by atoms with Gasteiger partial charge >= 0.3 is 0 Å². The van der Waals surface area contributed by atoms with Crippen molar-refractivity contribution in [2.75, 3.05) is 4.90 Å². The van der Waals surface area contributed by atoms with E-state index >= 15 is 0 Å². The van der Waals surface area contributed by atoms with Crippen molar-refractivity contribution in [1.29, 1.82) is 0 Å². The Morgan fingerprint density at radius 2 is 1.21 bits per heavy atom. The maximum atomic E-state index is 6.53. The maximum absolute atomic E-state index is 6.53. The summed E-state index contributed by atoms with van der Waals surface area (Å²) in [5.41, 5.74) is 7.00. The summed E-state index contributed by atoms with van der Waals surface area (Å²) >= 11 is 0. The van der Waals surface area contributed by atoms with Crippen molar-refractivity contribution in [2.45, 2.75) is 12.3 Å². The van der Waals surface area contributed by atoms with Gasteiger partial charge in [0.15, 0.2) is 0 Å². The molecule has 0 fully saturated rings. The first-order valence-corrected chi connectivity index (χ1v) is 16.7. The predicted octanol–water partition coefficient (Wildman–Crippen LogP) is 10.8. The lowest BCUT2D eigenvalue weighted by Gasteiger charge is -2.26. The molecule has 0 N–H and O–H groups in total. The SMILES string of the molecule is C1=c2ccccc2=C2Oc3ccc(N(c4ccccc4)c4cccc(-c5ccc6ccc7ccc8ccccc8c7c6c5)c4)cc3C2C1. The average molecular weight is 614 g/mol. The molecule has 0 radical (unpaired) electrons. The van der Waals surface area contributed by atoms with Crippen molar-refractivity contribution in [3.63, 3.8) is 0 Å². The standard InChI is InChI=1S/C46H31NO/c1-2-12-36(13-3-1)47(38-24-26-44-43(29-38)41-25-23-31-10-5-7-16-40(31)46(41)48-44)37-14-8-11-34(27-37)35-22-19-32-18-21-33-20-17-30-9-4-6-15-39(30)45(33)42(32)28-35/h1-24,26-29,41H,25H2. The van der Waals surface area contributed by atoms with E-state index in [9.17, 15) is 0 Å². The average Bonchev–Trinajstić information content (AvgIpc) is 3.54. The lowest BCUT2D eigenvalue weighted by atomic mass is 9.90. The Bertz CT molecular complexity index is 2690. The highest BCUT2D eigenvalue weighted by molar-refractivity contribution is 6.20. The zero-order valence-corrected chi connectivity index (χ0v) is 26.3. The Morgan fingerprint density at radius 3 is 2.12 bits per heavy atom. The molecule has 0 aromatic heterocycles. The second-order valence-electron chi connectivity index (χ2n) is 12.9. The highest BCUT2D eigenvalue weighted by Gasteiger charge is 2.32. The van der Waals surface area contributed by atoms with E-state index in [1.54, 1.807) is 0 Å². The highest BCUT2D eigenvalue weighted by Crippen LogP contribution is 2.47. The Morgan fingerprint density at radius 1 is 0.500 bits per heavy atom. The largest absolute Gasteiger partial charge is 0.460 e. The number of fused-ring (bicyclic) bond motifs is 9. The van der Waals surface area contributed by atoms with Crippen molar-refractivity contribution in [1.82, 2.24) is 0 Å².